The molecular formula is C15H19N7O2S2. The lowest BCUT2D eigenvalue weighted by Crippen LogP contribution is -2.46. The Labute approximate surface area is 159 Å². The fourth-order valence-electron chi connectivity index (χ4n) is 3.15. The van der Waals surface area contributed by atoms with Crippen molar-refractivity contribution in [1.82, 2.24) is 24.8 Å². The molecule has 0 bridgehead atoms. The Bertz CT molecular complexity index is 808. The van der Waals surface area contributed by atoms with E-state index in [1.165, 1.54) is 6.33 Å². The standard InChI is InChI=1S/C15H19N7O2S2/c23-10-20-1-3-22(4-2-20)15-18-12-11(16-9-17-14(12)25)13(19-15)21-5-7-26(24)8-6-21/h9-10H,1-8H2,(H,16,17,25). The zero-order chi connectivity index (χ0) is 18.1. The van der Waals surface area contributed by atoms with Crippen LogP contribution in [0.15, 0.2) is 11.4 Å². The fraction of sp³-hybridized carbons (Fsp3) is 0.533. The molecule has 0 radical (unpaired) electrons. The van der Waals surface area contributed by atoms with Crippen LogP contribution in [0.3, 0.4) is 0 Å². The summed E-state index contributed by atoms with van der Waals surface area (Å²) in [5.41, 5.74) is 1.27. The number of piperazine rings is 1. The molecule has 0 aromatic carbocycles. The zero-order valence-corrected chi connectivity index (χ0v) is 15.8. The van der Waals surface area contributed by atoms with Gasteiger partial charge in [-0.15, -0.1) is 12.6 Å². The molecule has 1 amide bonds. The predicted molar refractivity (Wildman–Crippen MR) is 102 cm³/mol. The lowest BCUT2D eigenvalue weighted by Gasteiger charge is -2.34. The Balaban J connectivity index is 1.72. The maximum atomic E-state index is 11.7. The Morgan fingerprint density at radius 1 is 1.00 bits per heavy atom. The van der Waals surface area contributed by atoms with Crippen LogP contribution in [0.2, 0.25) is 0 Å². The number of rotatable bonds is 3. The minimum atomic E-state index is -0.769. The third kappa shape index (κ3) is 3.38. The highest BCUT2D eigenvalue weighted by atomic mass is 32.2. The fourth-order valence-corrected chi connectivity index (χ4v) is 4.41. The Morgan fingerprint density at radius 2 is 1.73 bits per heavy atom. The third-order valence-corrected chi connectivity index (χ3v) is 6.26. The molecule has 2 fully saturated rings. The van der Waals surface area contributed by atoms with E-state index in [2.05, 4.69) is 37.4 Å². The van der Waals surface area contributed by atoms with E-state index in [1.54, 1.807) is 4.90 Å². The highest BCUT2D eigenvalue weighted by molar-refractivity contribution is 7.91. The molecule has 0 atom stereocenters. The van der Waals surface area contributed by atoms with Gasteiger partial charge in [0.05, 0.1) is 13.1 Å². The van der Waals surface area contributed by atoms with Crippen LogP contribution in [0.5, 0.6) is 0 Å². The van der Waals surface area contributed by atoms with Crippen LogP contribution in [0.4, 0.5) is 11.8 Å². The van der Waals surface area contributed by atoms with Crippen LogP contribution in [0.1, 0.15) is 0 Å². The number of aromatic nitrogens is 4. The predicted octanol–water partition coefficient (Wildman–Crippen LogP) is -0.444. The summed E-state index contributed by atoms with van der Waals surface area (Å²) in [6.07, 6.45) is 2.33. The monoisotopic (exact) mass is 393 g/mol. The number of nitrogens with zero attached hydrogens (tertiary/aromatic N) is 7. The molecule has 4 heterocycles. The van der Waals surface area contributed by atoms with E-state index < -0.39 is 11.2 Å². The van der Waals surface area contributed by atoms with Crippen molar-refractivity contribution in [2.45, 2.75) is 5.03 Å². The highest BCUT2D eigenvalue weighted by Crippen LogP contribution is 2.28. The number of carbonyl (C=O) groups excluding carboxylic acids is 1. The number of hydrogen-bond donors (Lipinski definition) is 1. The third-order valence-electron chi connectivity index (χ3n) is 4.66. The molecule has 2 saturated heterocycles. The molecule has 2 aromatic rings. The maximum Gasteiger partial charge on any atom is 0.228 e. The van der Waals surface area contributed by atoms with Gasteiger partial charge in [0.15, 0.2) is 5.82 Å². The van der Waals surface area contributed by atoms with E-state index in [1.807, 2.05) is 0 Å². The summed E-state index contributed by atoms with van der Waals surface area (Å²) in [5.74, 6) is 2.57. The van der Waals surface area contributed by atoms with Crippen LogP contribution < -0.4 is 9.80 Å². The molecule has 2 aromatic heterocycles. The molecule has 0 spiro atoms. The number of fused-ring (bicyclic) bond motifs is 1. The first-order valence-corrected chi connectivity index (χ1v) is 10.3. The van der Waals surface area contributed by atoms with E-state index in [4.69, 9.17) is 4.98 Å². The zero-order valence-electron chi connectivity index (χ0n) is 14.1. The lowest BCUT2D eigenvalue weighted by atomic mass is 10.3. The number of thiol groups is 1. The summed E-state index contributed by atoms with van der Waals surface area (Å²) in [6, 6.07) is 0. The number of hydrogen-bond acceptors (Lipinski definition) is 9. The van der Waals surface area contributed by atoms with Crippen molar-refractivity contribution in [3.63, 3.8) is 0 Å². The Morgan fingerprint density at radius 3 is 2.42 bits per heavy atom. The first kappa shape index (κ1) is 17.6. The average molecular weight is 393 g/mol. The van der Waals surface area contributed by atoms with Crippen molar-refractivity contribution in [2.75, 3.05) is 60.6 Å². The molecule has 0 saturated carbocycles. The van der Waals surface area contributed by atoms with Crippen molar-refractivity contribution in [1.29, 1.82) is 0 Å². The van der Waals surface area contributed by atoms with Gasteiger partial charge in [0.2, 0.25) is 12.4 Å². The van der Waals surface area contributed by atoms with Crippen molar-refractivity contribution in [3.05, 3.63) is 6.33 Å². The summed E-state index contributed by atoms with van der Waals surface area (Å²) in [5, 5.41) is 0.506. The second kappa shape index (κ2) is 7.41. The van der Waals surface area contributed by atoms with Gasteiger partial charge < -0.3 is 19.3 Å². The molecule has 0 N–H and O–H groups in total. The van der Waals surface area contributed by atoms with Gasteiger partial charge in [-0.2, -0.15) is 4.98 Å². The normalized spacial score (nSPS) is 19.2. The van der Waals surface area contributed by atoms with E-state index >= 15 is 0 Å². The second-order valence-corrected chi connectivity index (χ2v) is 8.33. The van der Waals surface area contributed by atoms with E-state index in [-0.39, 0.29) is 0 Å². The molecule has 138 valence electrons. The molecule has 0 unspecified atom stereocenters. The van der Waals surface area contributed by atoms with Crippen molar-refractivity contribution >= 4 is 53.0 Å². The largest absolute Gasteiger partial charge is 0.616 e. The topological polar surface area (TPSA) is 101 Å². The van der Waals surface area contributed by atoms with Gasteiger partial charge in [0.25, 0.3) is 0 Å². The average Bonchev–Trinajstić information content (AvgIpc) is 2.68. The molecule has 4 rings (SSSR count). The molecule has 11 heteroatoms. The van der Waals surface area contributed by atoms with Gasteiger partial charge in [-0.3, -0.25) is 4.79 Å². The molecule has 26 heavy (non-hydrogen) atoms. The first-order valence-electron chi connectivity index (χ1n) is 8.41. The minimum Gasteiger partial charge on any atom is -0.616 e. The summed E-state index contributed by atoms with van der Waals surface area (Å²) in [7, 11) is 0. The number of carbonyl (C=O) groups is 1. The maximum absolute atomic E-state index is 11.7. The number of amides is 1. The van der Waals surface area contributed by atoms with Gasteiger partial charge in [0, 0.05) is 26.2 Å². The van der Waals surface area contributed by atoms with Crippen LogP contribution in [0.25, 0.3) is 11.0 Å². The van der Waals surface area contributed by atoms with Crippen LogP contribution in [0, 0.1) is 0 Å². The van der Waals surface area contributed by atoms with Crippen molar-refractivity contribution < 1.29 is 9.35 Å². The van der Waals surface area contributed by atoms with Crippen molar-refractivity contribution in [3.8, 4) is 0 Å². The summed E-state index contributed by atoms with van der Waals surface area (Å²) in [6.45, 7) is 3.96. The first-order chi connectivity index (χ1) is 12.7. The smallest absolute Gasteiger partial charge is 0.228 e. The Hall–Kier alpha value is -1.85. The second-order valence-electron chi connectivity index (χ2n) is 6.21. The van der Waals surface area contributed by atoms with Gasteiger partial charge in [0.1, 0.15) is 33.9 Å². The molecular weight excluding hydrogens is 374 g/mol. The van der Waals surface area contributed by atoms with Crippen LogP contribution in [-0.2, 0) is 16.0 Å². The van der Waals surface area contributed by atoms with E-state index in [9.17, 15) is 9.35 Å². The molecule has 0 aliphatic carbocycles. The SMILES string of the molecule is O=CN1CCN(c2nc(N3CC[S+]([O-])CC3)c3ncnc(S)c3n2)CC1. The summed E-state index contributed by atoms with van der Waals surface area (Å²) < 4.78 is 11.7. The van der Waals surface area contributed by atoms with Gasteiger partial charge in [-0.1, -0.05) is 11.2 Å². The van der Waals surface area contributed by atoms with Crippen molar-refractivity contribution in [2.24, 2.45) is 0 Å². The van der Waals surface area contributed by atoms with Gasteiger partial charge in [-0.25, -0.2) is 15.0 Å². The van der Waals surface area contributed by atoms with Crippen LogP contribution in [-0.4, -0.2) is 86.6 Å². The summed E-state index contributed by atoms with van der Waals surface area (Å²) in [4.78, 5) is 34.8. The molecule has 9 nitrogen and oxygen atoms in total. The molecule has 2 aliphatic rings. The van der Waals surface area contributed by atoms with E-state index in [0.717, 1.165) is 12.2 Å². The van der Waals surface area contributed by atoms with Gasteiger partial charge in [-0.05, 0) is 0 Å². The number of anilines is 2. The summed E-state index contributed by atoms with van der Waals surface area (Å²) >= 11 is 3.67. The minimum absolute atomic E-state index is 0.506. The lowest BCUT2D eigenvalue weighted by molar-refractivity contribution is -0.118. The van der Waals surface area contributed by atoms with Crippen LogP contribution >= 0.6 is 12.6 Å². The molecule has 2 aliphatic heterocycles. The quantitative estimate of drug-likeness (QED) is 0.324. The van der Waals surface area contributed by atoms with E-state index in [0.29, 0.717) is 72.8 Å². The Kier molecular flexibility index (Phi) is 5.00. The highest BCUT2D eigenvalue weighted by Gasteiger charge is 2.26. The van der Waals surface area contributed by atoms with Gasteiger partial charge >= 0.3 is 0 Å².